The van der Waals surface area contributed by atoms with Crippen LogP contribution in [0.25, 0.3) is 0 Å². The van der Waals surface area contributed by atoms with Crippen molar-refractivity contribution in [1.29, 1.82) is 0 Å². The van der Waals surface area contributed by atoms with E-state index in [9.17, 15) is 14.7 Å². The molecule has 0 aliphatic carbocycles. The minimum absolute atomic E-state index is 0.145. The molecule has 0 saturated carbocycles. The maximum atomic E-state index is 13.2. The summed E-state index contributed by atoms with van der Waals surface area (Å²) in [6.07, 6.45) is -0.254. The Morgan fingerprint density at radius 3 is 1.85 bits per heavy atom. The van der Waals surface area contributed by atoms with Crippen molar-refractivity contribution >= 4 is 20.4 Å². The van der Waals surface area contributed by atoms with Crippen molar-refractivity contribution < 1.29 is 33.3 Å². The normalized spacial score (nSPS) is 14.1. The molecule has 0 fully saturated rings. The lowest BCUT2D eigenvalue weighted by molar-refractivity contribution is -0.142. The van der Waals surface area contributed by atoms with Gasteiger partial charge >= 0.3 is 12.1 Å². The zero-order valence-corrected chi connectivity index (χ0v) is 30.5. The van der Waals surface area contributed by atoms with Gasteiger partial charge < -0.3 is 29.1 Å². The fraction of sp³-hybridized carbons (Fsp3) is 0.474. The average molecular weight is 664 g/mol. The smallest absolute Gasteiger partial charge is 0.407 e. The number of benzene rings is 3. The zero-order chi connectivity index (χ0) is 34.8. The molecule has 0 saturated heterocycles. The second-order valence-corrected chi connectivity index (χ2v) is 19.4. The fourth-order valence-electron chi connectivity index (χ4n) is 4.90. The van der Waals surface area contributed by atoms with Crippen LogP contribution in [0.3, 0.4) is 0 Å². The summed E-state index contributed by atoms with van der Waals surface area (Å²) in [5.41, 5.74) is 2.20. The van der Waals surface area contributed by atoms with E-state index in [4.69, 9.17) is 18.6 Å². The van der Waals surface area contributed by atoms with E-state index in [1.807, 2.05) is 99.6 Å². The van der Waals surface area contributed by atoms with Gasteiger partial charge in [-0.25, -0.2) is 4.79 Å². The molecule has 47 heavy (non-hydrogen) atoms. The van der Waals surface area contributed by atoms with Crippen LogP contribution in [-0.4, -0.2) is 50.3 Å². The summed E-state index contributed by atoms with van der Waals surface area (Å²) in [5.74, 6) is -0.234. The summed E-state index contributed by atoms with van der Waals surface area (Å²) < 4.78 is 23.9. The molecule has 0 aromatic heterocycles. The van der Waals surface area contributed by atoms with Crippen LogP contribution < -0.4 is 14.8 Å². The van der Waals surface area contributed by atoms with Crippen LogP contribution in [-0.2, 0) is 33.4 Å². The minimum Gasteiger partial charge on any atom is -0.497 e. The van der Waals surface area contributed by atoms with Gasteiger partial charge in [-0.3, -0.25) is 4.79 Å². The largest absolute Gasteiger partial charge is 0.497 e. The Balaban J connectivity index is 1.94. The SMILES string of the molecule is COc1ccc(CC(CC(O[Si](C)(C)C(C)(C)C)C(Cc2ccc(OCc3ccccc3)cc2)NC(=O)OC(C)(C)C)C(=O)O)cc1. The van der Waals surface area contributed by atoms with Crippen molar-refractivity contribution in [3.05, 3.63) is 95.6 Å². The number of rotatable bonds is 15. The maximum Gasteiger partial charge on any atom is 0.407 e. The number of carboxylic acid groups (broad SMARTS) is 1. The lowest BCUT2D eigenvalue weighted by Crippen LogP contribution is -2.54. The van der Waals surface area contributed by atoms with Crippen LogP contribution in [0.1, 0.15) is 64.7 Å². The standard InChI is InChI=1S/C38H53NO7Si/c1-37(2,3)45-36(42)39-33(24-28-17-21-32(22-18-28)44-26-29-13-11-10-12-14-29)34(46-47(8,9)38(4,5)6)25-30(35(40)41)23-27-15-19-31(43-7)20-16-27/h10-22,30,33-34H,23-26H2,1-9H3,(H,39,42)(H,40,41). The molecule has 1 amide bonds. The van der Waals surface area contributed by atoms with E-state index in [1.54, 1.807) is 7.11 Å². The van der Waals surface area contributed by atoms with Gasteiger partial charge in [0, 0.05) is 0 Å². The number of hydrogen-bond donors (Lipinski definition) is 2. The van der Waals surface area contributed by atoms with Gasteiger partial charge in [0.05, 0.1) is 25.2 Å². The number of carboxylic acids is 1. The van der Waals surface area contributed by atoms with Gasteiger partial charge in [0.25, 0.3) is 0 Å². The van der Waals surface area contributed by atoms with E-state index in [0.717, 1.165) is 22.4 Å². The van der Waals surface area contributed by atoms with Crippen LogP contribution in [0.15, 0.2) is 78.9 Å². The molecule has 0 aliphatic heterocycles. The Labute approximate surface area is 281 Å². The number of alkyl carbamates (subject to hydrolysis) is 1. The Bertz CT molecular complexity index is 1410. The predicted molar refractivity (Wildman–Crippen MR) is 189 cm³/mol. The molecule has 8 nitrogen and oxygen atoms in total. The van der Waals surface area contributed by atoms with Crippen LogP contribution in [0, 0.1) is 5.92 Å². The van der Waals surface area contributed by atoms with E-state index in [-0.39, 0.29) is 11.5 Å². The number of ether oxygens (including phenoxy) is 3. The Hall–Kier alpha value is -3.82. The topological polar surface area (TPSA) is 103 Å². The average Bonchev–Trinajstić information content (AvgIpc) is 2.99. The first kappa shape index (κ1) is 37.6. The van der Waals surface area contributed by atoms with Crippen molar-refractivity contribution in [1.82, 2.24) is 5.32 Å². The molecular weight excluding hydrogens is 611 g/mol. The van der Waals surface area contributed by atoms with Crippen LogP contribution in [0.5, 0.6) is 11.5 Å². The van der Waals surface area contributed by atoms with Crippen LogP contribution in [0.4, 0.5) is 4.79 Å². The summed E-state index contributed by atoms with van der Waals surface area (Å²) in [5, 5.41) is 13.3. The zero-order valence-electron chi connectivity index (χ0n) is 29.5. The number of methoxy groups -OCH3 is 1. The third kappa shape index (κ3) is 12.4. The number of aliphatic carboxylic acids is 1. The first-order valence-electron chi connectivity index (χ1n) is 16.2. The molecule has 3 unspecified atom stereocenters. The third-order valence-corrected chi connectivity index (χ3v) is 13.0. The summed E-state index contributed by atoms with van der Waals surface area (Å²) in [6, 6.07) is 24.6. The van der Waals surface area contributed by atoms with Crippen molar-refractivity contribution in [2.45, 2.75) is 103 Å². The highest BCUT2D eigenvalue weighted by Gasteiger charge is 2.42. The van der Waals surface area contributed by atoms with E-state index in [0.29, 0.717) is 25.2 Å². The molecule has 0 aliphatic rings. The molecule has 3 atom stereocenters. The quantitative estimate of drug-likeness (QED) is 0.157. The molecule has 0 heterocycles. The van der Waals surface area contributed by atoms with Crippen LogP contribution in [0.2, 0.25) is 18.1 Å². The molecule has 3 aromatic carbocycles. The van der Waals surface area contributed by atoms with E-state index in [1.165, 1.54) is 0 Å². The van der Waals surface area contributed by atoms with Crippen molar-refractivity contribution in [3.8, 4) is 11.5 Å². The lowest BCUT2D eigenvalue weighted by Gasteiger charge is -2.42. The van der Waals surface area contributed by atoms with Gasteiger partial charge in [0.1, 0.15) is 23.7 Å². The third-order valence-electron chi connectivity index (χ3n) is 8.54. The number of carbonyl (C=O) groups is 2. The maximum absolute atomic E-state index is 13.2. The number of hydrogen-bond acceptors (Lipinski definition) is 6. The lowest BCUT2D eigenvalue weighted by atomic mass is 9.89. The molecule has 2 N–H and O–H groups in total. The Kier molecular flexibility index (Phi) is 13.1. The summed E-state index contributed by atoms with van der Waals surface area (Å²) in [7, 11) is -0.827. The Morgan fingerprint density at radius 1 is 0.787 bits per heavy atom. The van der Waals surface area contributed by atoms with Crippen molar-refractivity contribution in [2.24, 2.45) is 5.92 Å². The highest BCUT2D eigenvalue weighted by Crippen LogP contribution is 2.39. The molecule has 3 rings (SSSR count). The minimum atomic E-state index is -2.43. The number of nitrogens with one attached hydrogen (secondary N) is 1. The van der Waals surface area contributed by atoms with Crippen molar-refractivity contribution in [3.63, 3.8) is 0 Å². The highest BCUT2D eigenvalue weighted by atomic mass is 28.4. The molecule has 0 bridgehead atoms. The monoisotopic (exact) mass is 663 g/mol. The van der Waals surface area contributed by atoms with Gasteiger partial charge in [0.15, 0.2) is 8.32 Å². The molecule has 0 radical (unpaired) electrons. The number of carbonyl (C=O) groups excluding carboxylic acids is 1. The Morgan fingerprint density at radius 2 is 1.34 bits per heavy atom. The van der Waals surface area contributed by atoms with Crippen molar-refractivity contribution in [2.75, 3.05) is 7.11 Å². The summed E-state index contributed by atoms with van der Waals surface area (Å²) in [4.78, 5) is 26.0. The van der Waals surface area contributed by atoms with Gasteiger partial charge in [-0.15, -0.1) is 0 Å². The molecule has 256 valence electrons. The second-order valence-electron chi connectivity index (χ2n) is 14.6. The summed E-state index contributed by atoms with van der Waals surface area (Å²) in [6.45, 7) is 16.6. The second kappa shape index (κ2) is 16.3. The van der Waals surface area contributed by atoms with Gasteiger partial charge in [-0.1, -0.05) is 75.4 Å². The van der Waals surface area contributed by atoms with E-state index < -0.39 is 44.0 Å². The van der Waals surface area contributed by atoms with E-state index in [2.05, 4.69) is 39.2 Å². The highest BCUT2D eigenvalue weighted by molar-refractivity contribution is 6.74. The van der Waals surface area contributed by atoms with Gasteiger partial charge in [-0.2, -0.15) is 0 Å². The molecule has 3 aromatic rings. The first-order valence-corrected chi connectivity index (χ1v) is 19.2. The number of amides is 1. The van der Waals surface area contributed by atoms with Gasteiger partial charge in [-0.05, 0) is 99.1 Å². The molecule has 0 spiro atoms. The van der Waals surface area contributed by atoms with E-state index >= 15 is 0 Å². The first-order chi connectivity index (χ1) is 22.0. The molecule has 9 heteroatoms. The van der Waals surface area contributed by atoms with Crippen LogP contribution >= 0.6 is 0 Å². The predicted octanol–water partition coefficient (Wildman–Crippen LogP) is 8.43. The van der Waals surface area contributed by atoms with Gasteiger partial charge in [0.2, 0.25) is 0 Å². The fourth-order valence-corrected chi connectivity index (χ4v) is 6.27. The summed E-state index contributed by atoms with van der Waals surface area (Å²) >= 11 is 0. The molecular formula is C38H53NO7Si.